The predicted octanol–water partition coefficient (Wildman–Crippen LogP) is 2.90. The molecule has 0 saturated carbocycles. The van der Waals surface area contributed by atoms with Gasteiger partial charge in [-0.1, -0.05) is 19.1 Å². The molecule has 1 atom stereocenters. The lowest BCUT2D eigenvalue weighted by atomic mass is 10.1. The average molecular weight is 415 g/mol. The van der Waals surface area contributed by atoms with Crippen molar-refractivity contribution in [2.45, 2.75) is 33.0 Å². The van der Waals surface area contributed by atoms with Crippen LogP contribution in [0.15, 0.2) is 12.1 Å². The minimum Gasteiger partial charge on any atom is -0.477 e. The minimum atomic E-state index is -1.41. The number of hydrogen-bond donors (Lipinski definition) is 4. The highest BCUT2D eigenvalue weighted by Crippen LogP contribution is 2.31. The number of halogens is 2. The maximum atomic E-state index is 13.9. The van der Waals surface area contributed by atoms with Crippen molar-refractivity contribution in [2.24, 2.45) is 0 Å². The number of benzene rings is 1. The number of aliphatic hydroxyl groups excluding tert-OH is 1. The fourth-order valence-corrected chi connectivity index (χ4v) is 2.82. The average Bonchev–Trinajstić information content (AvgIpc) is 3.06. The van der Waals surface area contributed by atoms with Crippen molar-refractivity contribution in [1.29, 1.82) is 0 Å². The highest BCUT2D eigenvalue weighted by atomic mass is 32.1. The molecule has 2 amide bonds. The van der Waals surface area contributed by atoms with Crippen LogP contribution in [0.4, 0.5) is 18.6 Å². The molecule has 1 unspecified atom stereocenters. The number of anilines is 1. The lowest BCUT2D eigenvalue weighted by Crippen LogP contribution is -2.35. The molecule has 8 nitrogen and oxygen atoms in total. The van der Waals surface area contributed by atoms with Crippen LogP contribution in [0.2, 0.25) is 0 Å². The van der Waals surface area contributed by atoms with E-state index in [1.165, 1.54) is 19.1 Å². The summed E-state index contributed by atoms with van der Waals surface area (Å²) in [5.74, 6) is -3.84. The van der Waals surface area contributed by atoms with Gasteiger partial charge in [0.15, 0.2) is 17.2 Å². The van der Waals surface area contributed by atoms with Gasteiger partial charge < -0.3 is 20.3 Å². The largest absolute Gasteiger partial charge is 0.477 e. The van der Waals surface area contributed by atoms with Crippen LogP contribution in [0.1, 0.15) is 34.8 Å². The molecule has 28 heavy (non-hydrogen) atoms. The molecule has 0 aliphatic carbocycles. The Labute approximate surface area is 163 Å². The molecule has 0 aliphatic heterocycles. The summed E-state index contributed by atoms with van der Waals surface area (Å²) in [5.41, 5.74) is -0.385. The molecule has 11 heteroatoms. The fraction of sp³-hybridized carbons (Fsp3) is 0.353. The van der Waals surface area contributed by atoms with Gasteiger partial charge in [0.05, 0.1) is 6.10 Å². The van der Waals surface area contributed by atoms with Crippen molar-refractivity contribution in [2.75, 3.05) is 11.9 Å². The molecule has 1 aromatic heterocycles. The number of carbonyl (C=O) groups excluding carboxylic acids is 1. The highest BCUT2D eigenvalue weighted by molar-refractivity contribution is 7.11. The Bertz CT molecular complexity index is 875. The standard InChI is InChI=1S/C17H19F2N3O5S/c1-3-10(23)6-20-17(26)21-15-11(16(24)25)14(22-28-15)27-7-9-5-4-8(2)12(18)13(9)19/h4-5,10,23H,3,6-7H2,1-2H3,(H,24,25)(H2,20,21,26). The van der Waals surface area contributed by atoms with E-state index in [0.29, 0.717) is 18.0 Å². The van der Waals surface area contributed by atoms with Crippen molar-refractivity contribution < 1.29 is 33.3 Å². The molecule has 1 heterocycles. The SMILES string of the molecule is CCC(O)CNC(=O)Nc1snc(OCc2ccc(C)c(F)c2F)c1C(=O)O. The molecule has 0 bridgehead atoms. The van der Waals surface area contributed by atoms with Crippen molar-refractivity contribution in [3.8, 4) is 5.88 Å². The third-order valence-corrected chi connectivity index (χ3v) is 4.54. The van der Waals surface area contributed by atoms with Gasteiger partial charge in [0.25, 0.3) is 0 Å². The van der Waals surface area contributed by atoms with Gasteiger partial charge in [0.1, 0.15) is 11.6 Å². The number of nitrogens with one attached hydrogen (secondary N) is 2. The Morgan fingerprint density at radius 2 is 2.04 bits per heavy atom. The topological polar surface area (TPSA) is 121 Å². The number of ether oxygens (including phenoxy) is 1. The Balaban J connectivity index is 2.11. The molecule has 0 aliphatic rings. The van der Waals surface area contributed by atoms with Crippen molar-refractivity contribution in [3.63, 3.8) is 0 Å². The number of aliphatic hydroxyl groups is 1. The van der Waals surface area contributed by atoms with Crippen LogP contribution in [0.5, 0.6) is 5.88 Å². The van der Waals surface area contributed by atoms with E-state index in [2.05, 4.69) is 15.0 Å². The lowest BCUT2D eigenvalue weighted by Gasteiger charge is -2.10. The second-order valence-corrected chi connectivity index (χ2v) is 6.63. The second kappa shape index (κ2) is 9.42. The quantitative estimate of drug-likeness (QED) is 0.526. The number of urea groups is 1. The van der Waals surface area contributed by atoms with E-state index in [4.69, 9.17) is 4.74 Å². The van der Waals surface area contributed by atoms with Gasteiger partial charge in [-0.15, -0.1) is 0 Å². The van der Waals surface area contributed by atoms with E-state index >= 15 is 0 Å². The van der Waals surface area contributed by atoms with E-state index in [1.54, 1.807) is 6.92 Å². The smallest absolute Gasteiger partial charge is 0.344 e. The third-order valence-electron chi connectivity index (χ3n) is 3.79. The van der Waals surface area contributed by atoms with Gasteiger partial charge in [0, 0.05) is 12.1 Å². The normalized spacial score (nSPS) is 11.8. The number of aromatic nitrogens is 1. The first-order chi connectivity index (χ1) is 13.2. The van der Waals surface area contributed by atoms with E-state index in [1.807, 2.05) is 0 Å². The minimum absolute atomic E-state index is 0.00877. The zero-order valence-electron chi connectivity index (χ0n) is 15.1. The first kappa shape index (κ1) is 21.5. The predicted molar refractivity (Wildman–Crippen MR) is 97.8 cm³/mol. The zero-order valence-corrected chi connectivity index (χ0v) is 15.9. The van der Waals surface area contributed by atoms with Gasteiger partial charge in [-0.2, -0.15) is 4.37 Å². The van der Waals surface area contributed by atoms with E-state index < -0.39 is 41.9 Å². The summed E-state index contributed by atoms with van der Waals surface area (Å²) in [5, 5.41) is 23.4. The van der Waals surface area contributed by atoms with Gasteiger partial charge in [-0.05, 0) is 30.4 Å². The summed E-state index contributed by atoms with van der Waals surface area (Å²) in [6.45, 7) is 2.70. The number of aryl methyl sites for hydroxylation is 1. The van der Waals surface area contributed by atoms with Crippen LogP contribution in [0.25, 0.3) is 0 Å². The Morgan fingerprint density at radius 1 is 1.32 bits per heavy atom. The molecule has 1 aromatic carbocycles. The molecule has 152 valence electrons. The number of nitrogens with zero attached hydrogens (tertiary/aromatic N) is 1. The van der Waals surface area contributed by atoms with Gasteiger partial charge in [-0.25, -0.2) is 18.4 Å². The summed E-state index contributed by atoms with van der Waals surface area (Å²) in [4.78, 5) is 23.3. The van der Waals surface area contributed by atoms with Gasteiger partial charge >= 0.3 is 12.0 Å². The van der Waals surface area contributed by atoms with E-state index in [-0.39, 0.29) is 28.6 Å². The summed E-state index contributed by atoms with van der Waals surface area (Å²) >= 11 is 0.660. The molecule has 0 fully saturated rings. The number of carboxylic acid groups (broad SMARTS) is 1. The maximum absolute atomic E-state index is 13.9. The molecule has 0 spiro atoms. The van der Waals surface area contributed by atoms with Crippen LogP contribution in [-0.4, -0.2) is 39.2 Å². The van der Waals surface area contributed by atoms with Gasteiger partial charge in [-0.3, -0.25) is 5.32 Å². The van der Waals surface area contributed by atoms with Crippen molar-refractivity contribution >= 4 is 28.5 Å². The summed E-state index contributed by atoms with van der Waals surface area (Å²) in [6, 6.07) is 1.97. The Morgan fingerprint density at radius 3 is 2.68 bits per heavy atom. The number of carboxylic acids is 1. The molecular weight excluding hydrogens is 396 g/mol. The molecule has 2 aromatic rings. The molecule has 2 rings (SSSR count). The van der Waals surface area contributed by atoms with Crippen LogP contribution in [0.3, 0.4) is 0 Å². The van der Waals surface area contributed by atoms with Crippen LogP contribution < -0.4 is 15.4 Å². The van der Waals surface area contributed by atoms with E-state index in [0.717, 1.165) is 0 Å². The van der Waals surface area contributed by atoms with Crippen molar-refractivity contribution in [1.82, 2.24) is 9.69 Å². The molecular formula is C17H19F2N3O5S. The fourth-order valence-electron chi connectivity index (χ4n) is 2.09. The first-order valence-corrected chi connectivity index (χ1v) is 9.04. The number of aromatic carboxylic acids is 1. The van der Waals surface area contributed by atoms with Crippen LogP contribution in [0, 0.1) is 18.6 Å². The third kappa shape index (κ3) is 5.14. The van der Waals surface area contributed by atoms with Crippen molar-refractivity contribution in [3.05, 3.63) is 40.5 Å². The van der Waals surface area contributed by atoms with Crippen LogP contribution >= 0.6 is 11.5 Å². The summed E-state index contributed by atoms with van der Waals surface area (Å²) in [6.07, 6.45) is -0.287. The molecule has 0 saturated heterocycles. The molecule has 4 N–H and O–H groups in total. The maximum Gasteiger partial charge on any atom is 0.344 e. The Hall–Kier alpha value is -2.79. The Kier molecular flexibility index (Phi) is 7.24. The number of rotatable bonds is 8. The number of hydrogen-bond acceptors (Lipinski definition) is 6. The zero-order chi connectivity index (χ0) is 20.8. The van der Waals surface area contributed by atoms with Gasteiger partial charge in [0.2, 0.25) is 5.88 Å². The monoisotopic (exact) mass is 415 g/mol. The van der Waals surface area contributed by atoms with E-state index in [9.17, 15) is 28.6 Å². The van der Waals surface area contributed by atoms with Crippen LogP contribution in [-0.2, 0) is 6.61 Å². The first-order valence-electron chi connectivity index (χ1n) is 8.26. The summed E-state index contributed by atoms with van der Waals surface area (Å²) < 4.78 is 36.6. The number of carbonyl (C=O) groups is 2. The number of amides is 2. The molecule has 0 radical (unpaired) electrons. The summed E-state index contributed by atoms with van der Waals surface area (Å²) in [7, 11) is 0. The second-order valence-electron chi connectivity index (χ2n) is 5.85. The highest BCUT2D eigenvalue weighted by Gasteiger charge is 2.24. The lowest BCUT2D eigenvalue weighted by molar-refractivity contribution is 0.0693.